The number of nitrogens with zero attached hydrogens (tertiary/aromatic N) is 2. The van der Waals surface area contributed by atoms with Crippen molar-refractivity contribution in [3.8, 4) is 23.0 Å². The number of nitrogens with one attached hydrogen (secondary N) is 1. The van der Waals surface area contributed by atoms with E-state index in [-0.39, 0.29) is 41.1 Å². The lowest BCUT2D eigenvalue weighted by Crippen LogP contribution is -2.29. The molecule has 0 unspecified atom stereocenters. The topological polar surface area (TPSA) is 130 Å². The van der Waals surface area contributed by atoms with Crippen LogP contribution in [-0.2, 0) is 11.3 Å². The largest absolute Gasteiger partial charge is 0.506 e. The number of halogens is 1. The number of phenols is 2. The van der Waals surface area contributed by atoms with Gasteiger partial charge in [0.1, 0.15) is 40.2 Å². The van der Waals surface area contributed by atoms with Gasteiger partial charge in [0.25, 0.3) is 5.91 Å². The van der Waals surface area contributed by atoms with Gasteiger partial charge in [-0.1, -0.05) is 18.2 Å². The van der Waals surface area contributed by atoms with Crippen LogP contribution in [0.25, 0.3) is 0 Å². The van der Waals surface area contributed by atoms with E-state index in [9.17, 15) is 19.4 Å². The van der Waals surface area contributed by atoms with Crippen molar-refractivity contribution in [3.63, 3.8) is 0 Å². The fourth-order valence-corrected chi connectivity index (χ4v) is 2.86. The number of anilines is 1. The van der Waals surface area contributed by atoms with Gasteiger partial charge in [0.2, 0.25) is 0 Å². The molecular formula is C24H23FN4O4. The third kappa shape index (κ3) is 6.07. The molecule has 9 heteroatoms. The molecule has 0 saturated carbocycles. The normalized spacial score (nSPS) is 11.8. The molecule has 170 valence electrons. The first-order chi connectivity index (χ1) is 15.8. The Balaban J connectivity index is 1.62. The minimum atomic E-state index is -0.417. The van der Waals surface area contributed by atoms with Gasteiger partial charge in [0, 0.05) is 25.2 Å². The van der Waals surface area contributed by atoms with Crippen LogP contribution in [0.1, 0.15) is 18.1 Å². The summed E-state index contributed by atoms with van der Waals surface area (Å²) in [5, 5.41) is 22.4. The Bertz CT molecular complexity index is 1200. The second kappa shape index (κ2) is 10.3. The minimum absolute atomic E-state index is 0.137. The predicted molar refractivity (Wildman–Crippen MR) is 125 cm³/mol. The van der Waals surface area contributed by atoms with Crippen molar-refractivity contribution >= 4 is 23.1 Å². The van der Waals surface area contributed by atoms with Crippen molar-refractivity contribution in [3.05, 3.63) is 77.6 Å². The third-order valence-electron chi connectivity index (χ3n) is 4.62. The van der Waals surface area contributed by atoms with Crippen LogP contribution in [0.4, 0.5) is 10.1 Å². The van der Waals surface area contributed by atoms with Crippen molar-refractivity contribution in [2.75, 3.05) is 12.8 Å². The number of carbonyl (C=O) groups excluding carboxylic acids is 1. The molecule has 3 aromatic rings. The van der Waals surface area contributed by atoms with Crippen molar-refractivity contribution in [2.45, 2.75) is 13.5 Å². The summed E-state index contributed by atoms with van der Waals surface area (Å²) in [6.07, 6.45) is 0. The summed E-state index contributed by atoms with van der Waals surface area (Å²) >= 11 is 0. The quantitative estimate of drug-likeness (QED) is 0.197. The molecule has 1 amide bonds. The molecule has 3 aromatic carbocycles. The van der Waals surface area contributed by atoms with Crippen LogP contribution in [0.15, 0.2) is 70.6 Å². The van der Waals surface area contributed by atoms with Crippen molar-refractivity contribution in [2.24, 2.45) is 9.98 Å². The molecule has 0 atom stereocenters. The fourth-order valence-electron chi connectivity index (χ4n) is 2.86. The van der Waals surface area contributed by atoms with Gasteiger partial charge in [-0.25, -0.2) is 9.38 Å². The highest BCUT2D eigenvalue weighted by molar-refractivity contribution is 6.40. The maximum atomic E-state index is 13.3. The van der Waals surface area contributed by atoms with Crippen LogP contribution in [0.2, 0.25) is 0 Å². The van der Waals surface area contributed by atoms with E-state index < -0.39 is 5.91 Å². The van der Waals surface area contributed by atoms with Gasteiger partial charge >= 0.3 is 0 Å². The molecule has 0 fully saturated rings. The number of hydrogen-bond donors (Lipinski definition) is 4. The number of aliphatic imine (C=N–C) groups is 2. The number of ether oxygens (including phenoxy) is 1. The summed E-state index contributed by atoms with van der Waals surface area (Å²) in [6, 6.07) is 15.4. The Morgan fingerprint density at radius 1 is 1.06 bits per heavy atom. The molecule has 0 aliphatic heterocycles. The van der Waals surface area contributed by atoms with E-state index >= 15 is 0 Å². The molecule has 0 bridgehead atoms. The number of aromatic hydroxyl groups is 2. The van der Waals surface area contributed by atoms with E-state index in [1.807, 2.05) is 0 Å². The number of benzene rings is 3. The standard InChI is InChI=1S/C24H23FN4O4/c1-14(29-23(27-2)16-10-20(30)22(26)21(31)11-16)24(32)28-13-15-6-8-18(9-7-15)33-19-5-3-4-17(25)12-19/h3-12,30-31H,13,26H2,1-2H3,(H,28,32). The van der Waals surface area contributed by atoms with Gasteiger partial charge in [-0.2, -0.15) is 0 Å². The lowest BCUT2D eigenvalue weighted by atomic mass is 10.1. The molecule has 0 heterocycles. The molecule has 0 aliphatic rings. The van der Waals surface area contributed by atoms with Crippen molar-refractivity contribution < 1.29 is 24.1 Å². The van der Waals surface area contributed by atoms with E-state index in [1.54, 1.807) is 36.4 Å². The van der Waals surface area contributed by atoms with E-state index in [2.05, 4.69) is 15.3 Å². The van der Waals surface area contributed by atoms with Gasteiger partial charge in [-0.3, -0.25) is 9.79 Å². The molecule has 0 saturated heterocycles. The zero-order valence-corrected chi connectivity index (χ0v) is 18.0. The fraction of sp³-hybridized carbons (Fsp3) is 0.125. The highest BCUT2D eigenvalue weighted by atomic mass is 19.1. The third-order valence-corrected chi connectivity index (χ3v) is 4.62. The first-order valence-corrected chi connectivity index (χ1v) is 9.91. The maximum absolute atomic E-state index is 13.3. The smallest absolute Gasteiger partial charge is 0.265 e. The number of rotatable bonds is 6. The summed E-state index contributed by atoms with van der Waals surface area (Å²) in [5.74, 6) is -0.356. The molecule has 0 spiro atoms. The summed E-state index contributed by atoms with van der Waals surface area (Å²) in [5.41, 5.74) is 6.64. The Labute approximate surface area is 189 Å². The van der Waals surface area contributed by atoms with Gasteiger partial charge in [-0.05, 0) is 48.9 Å². The number of amides is 1. The Kier molecular flexibility index (Phi) is 7.24. The molecular weight excluding hydrogens is 427 g/mol. The first kappa shape index (κ1) is 23.3. The van der Waals surface area contributed by atoms with Gasteiger partial charge in [0.05, 0.1) is 0 Å². The van der Waals surface area contributed by atoms with Gasteiger partial charge in [-0.15, -0.1) is 0 Å². The highest BCUT2D eigenvalue weighted by Gasteiger charge is 2.13. The zero-order valence-electron chi connectivity index (χ0n) is 18.0. The zero-order chi connectivity index (χ0) is 24.0. The average Bonchev–Trinajstić information content (AvgIpc) is 2.79. The molecule has 0 aliphatic carbocycles. The molecule has 0 aromatic heterocycles. The van der Waals surface area contributed by atoms with Crippen LogP contribution in [0.5, 0.6) is 23.0 Å². The lowest BCUT2D eigenvalue weighted by molar-refractivity contribution is -0.115. The number of hydrogen-bond acceptors (Lipinski definition) is 6. The highest BCUT2D eigenvalue weighted by Crippen LogP contribution is 2.31. The van der Waals surface area contributed by atoms with Crippen LogP contribution >= 0.6 is 0 Å². The number of carbonyl (C=O) groups is 1. The number of amidine groups is 1. The van der Waals surface area contributed by atoms with Gasteiger partial charge < -0.3 is 26.0 Å². The Morgan fingerprint density at radius 2 is 1.73 bits per heavy atom. The summed E-state index contributed by atoms with van der Waals surface area (Å²) in [7, 11) is 1.47. The first-order valence-electron chi connectivity index (χ1n) is 9.91. The number of phenolic OH excluding ortho intramolecular Hbond substituents is 2. The van der Waals surface area contributed by atoms with E-state index in [4.69, 9.17) is 10.5 Å². The van der Waals surface area contributed by atoms with Crippen molar-refractivity contribution in [1.82, 2.24) is 5.32 Å². The second-order valence-corrected chi connectivity index (χ2v) is 7.06. The molecule has 5 N–H and O–H groups in total. The van der Waals surface area contributed by atoms with Gasteiger partial charge in [0.15, 0.2) is 5.84 Å². The van der Waals surface area contributed by atoms with Crippen LogP contribution in [-0.4, -0.2) is 34.7 Å². The second-order valence-electron chi connectivity index (χ2n) is 7.06. The summed E-state index contributed by atoms with van der Waals surface area (Å²) in [6.45, 7) is 1.77. The van der Waals surface area contributed by atoms with Crippen LogP contribution in [0, 0.1) is 5.82 Å². The number of nitrogens with two attached hydrogens (primary N) is 1. The molecule has 3 rings (SSSR count). The lowest BCUT2D eigenvalue weighted by Gasteiger charge is -2.09. The molecule has 0 radical (unpaired) electrons. The summed E-state index contributed by atoms with van der Waals surface area (Å²) < 4.78 is 18.9. The predicted octanol–water partition coefficient (Wildman–Crippen LogP) is 3.77. The Hall–Kier alpha value is -4.40. The minimum Gasteiger partial charge on any atom is -0.506 e. The van der Waals surface area contributed by atoms with E-state index in [1.165, 1.54) is 38.2 Å². The maximum Gasteiger partial charge on any atom is 0.265 e. The average molecular weight is 450 g/mol. The summed E-state index contributed by atoms with van der Waals surface area (Å²) in [4.78, 5) is 20.7. The molecule has 8 nitrogen and oxygen atoms in total. The number of nitrogen functional groups attached to an aromatic ring is 1. The van der Waals surface area contributed by atoms with Crippen LogP contribution < -0.4 is 15.8 Å². The van der Waals surface area contributed by atoms with Crippen molar-refractivity contribution in [1.29, 1.82) is 0 Å². The van der Waals surface area contributed by atoms with E-state index in [0.717, 1.165) is 5.56 Å². The Morgan fingerprint density at radius 3 is 2.33 bits per heavy atom. The molecule has 33 heavy (non-hydrogen) atoms. The van der Waals surface area contributed by atoms with E-state index in [0.29, 0.717) is 17.1 Å². The van der Waals surface area contributed by atoms with Crippen LogP contribution in [0.3, 0.4) is 0 Å². The SMILES string of the molecule is CN=C(N=C(C)C(=O)NCc1ccc(Oc2cccc(F)c2)cc1)c1cc(O)c(N)c(O)c1. The monoisotopic (exact) mass is 450 g/mol.